The van der Waals surface area contributed by atoms with Crippen LogP contribution in [-0.4, -0.2) is 83.9 Å². The maximum atomic E-state index is 13.1. The van der Waals surface area contributed by atoms with Crippen LogP contribution in [0, 0.1) is 3.57 Å². The van der Waals surface area contributed by atoms with Crippen molar-refractivity contribution in [2.24, 2.45) is 4.99 Å². The zero-order chi connectivity index (χ0) is 29.7. The van der Waals surface area contributed by atoms with Crippen LogP contribution in [0.1, 0.15) is 54.1 Å². The molecule has 0 saturated carbocycles. The molecule has 0 N–H and O–H groups in total. The summed E-state index contributed by atoms with van der Waals surface area (Å²) >= 11 is 2.25. The number of nitrogens with zero attached hydrogens (tertiary/aromatic N) is 6. The van der Waals surface area contributed by atoms with Crippen molar-refractivity contribution >= 4 is 65.9 Å². The number of ether oxygens (including phenoxy) is 1. The fraction of sp³-hybridized carbons (Fsp3) is 0.464. The van der Waals surface area contributed by atoms with Gasteiger partial charge in [-0.05, 0) is 52.9 Å². The fourth-order valence-corrected chi connectivity index (χ4v) is 6.35. The van der Waals surface area contributed by atoms with E-state index in [2.05, 4.69) is 71.4 Å². The second-order valence-corrected chi connectivity index (χ2v) is 18.0. The lowest BCUT2D eigenvalue weighted by Gasteiger charge is -2.37. The van der Waals surface area contributed by atoms with Crippen molar-refractivity contribution in [2.75, 3.05) is 20.7 Å². The Morgan fingerprint density at radius 1 is 1.17 bits per heavy atom. The number of carbonyl (C=O) groups is 2. The summed E-state index contributed by atoms with van der Waals surface area (Å²) in [5, 5.41) is 1.68. The first-order chi connectivity index (χ1) is 19.3. The predicted molar refractivity (Wildman–Crippen MR) is 166 cm³/mol. The van der Waals surface area contributed by atoms with Crippen molar-refractivity contribution < 1.29 is 23.6 Å². The molecule has 4 heterocycles. The Morgan fingerprint density at radius 2 is 1.83 bits per heavy atom. The number of hydroxylamine groups is 2. The molecule has 1 fully saturated rings. The van der Waals surface area contributed by atoms with Crippen LogP contribution in [-0.2, 0) is 14.0 Å². The molecule has 3 atom stereocenters. The van der Waals surface area contributed by atoms with Gasteiger partial charge in [0.05, 0.1) is 29.5 Å². The van der Waals surface area contributed by atoms with Gasteiger partial charge in [-0.25, -0.2) is 15.0 Å². The van der Waals surface area contributed by atoms with E-state index in [0.29, 0.717) is 29.0 Å². The lowest BCUT2D eigenvalue weighted by Crippen LogP contribution is -2.45. The minimum absolute atomic E-state index is 0.00295. The zero-order valence-electron chi connectivity index (χ0n) is 24.3. The second kappa shape index (κ2) is 11.2. The molecule has 2 aliphatic heterocycles. The van der Waals surface area contributed by atoms with E-state index in [9.17, 15) is 9.59 Å². The highest BCUT2D eigenvalue weighted by Crippen LogP contribution is 2.40. The van der Waals surface area contributed by atoms with Crippen LogP contribution in [0.5, 0.6) is 0 Å². The maximum absolute atomic E-state index is 13.1. The molecule has 0 bridgehead atoms. The summed E-state index contributed by atoms with van der Waals surface area (Å²) in [7, 11) is 1.66. The maximum Gasteiger partial charge on any atom is 0.285 e. The van der Waals surface area contributed by atoms with E-state index >= 15 is 0 Å². The summed E-state index contributed by atoms with van der Waals surface area (Å²) in [5.41, 5.74) is 1.33. The van der Waals surface area contributed by atoms with E-state index in [1.807, 2.05) is 29.8 Å². The normalized spacial score (nSPS) is 21.5. The average molecular weight is 691 g/mol. The number of aromatic nitrogens is 3. The molecule has 5 rings (SSSR count). The Morgan fingerprint density at radius 3 is 2.44 bits per heavy atom. The molecule has 0 aliphatic carbocycles. The van der Waals surface area contributed by atoms with Gasteiger partial charge in [-0.2, -0.15) is 0 Å². The monoisotopic (exact) mass is 690 g/mol. The second-order valence-electron chi connectivity index (χ2n) is 12.0. The number of carbonyl (C=O) groups excluding carboxylic acids is 2. The van der Waals surface area contributed by atoms with Gasteiger partial charge in [0.25, 0.3) is 11.8 Å². The van der Waals surface area contributed by atoms with E-state index in [0.717, 1.165) is 14.0 Å². The molecule has 218 valence electrons. The van der Waals surface area contributed by atoms with Gasteiger partial charge in [0.1, 0.15) is 30.4 Å². The van der Waals surface area contributed by atoms with Gasteiger partial charge in [-0.3, -0.25) is 14.4 Å². The third-order valence-corrected chi connectivity index (χ3v) is 13.2. The zero-order valence-corrected chi connectivity index (χ0v) is 27.4. The fourth-order valence-electron chi connectivity index (χ4n) is 4.55. The number of imide groups is 1. The predicted octanol–water partition coefficient (Wildman–Crippen LogP) is 5.16. The van der Waals surface area contributed by atoms with Crippen molar-refractivity contribution in [1.82, 2.24) is 24.5 Å². The summed E-state index contributed by atoms with van der Waals surface area (Å²) in [6.07, 6.45) is 3.89. The van der Waals surface area contributed by atoms with Crippen LogP contribution in [0.25, 0.3) is 11.0 Å². The topological polar surface area (TPSA) is 111 Å². The van der Waals surface area contributed by atoms with Gasteiger partial charge in [0.15, 0.2) is 14.1 Å². The van der Waals surface area contributed by atoms with Crippen LogP contribution in [0.2, 0.25) is 18.1 Å². The molecule has 1 aromatic carbocycles. The van der Waals surface area contributed by atoms with Crippen LogP contribution < -0.4 is 0 Å². The highest BCUT2D eigenvalue weighted by atomic mass is 127. The summed E-state index contributed by atoms with van der Waals surface area (Å²) < 4.78 is 16.0. The van der Waals surface area contributed by atoms with Gasteiger partial charge < -0.3 is 18.6 Å². The quantitative estimate of drug-likeness (QED) is 0.105. The molecule has 0 unspecified atom stereocenters. The Hall–Kier alpha value is -2.72. The van der Waals surface area contributed by atoms with E-state index in [-0.39, 0.29) is 11.6 Å². The molecule has 2 aromatic heterocycles. The van der Waals surface area contributed by atoms with Gasteiger partial charge in [0.2, 0.25) is 0 Å². The summed E-state index contributed by atoms with van der Waals surface area (Å²) in [6.45, 7) is 11.1. The molecule has 11 nitrogen and oxygen atoms in total. The number of hydrogen-bond donors (Lipinski definition) is 0. The number of rotatable bonds is 8. The summed E-state index contributed by atoms with van der Waals surface area (Å²) in [4.78, 5) is 47.7. The molecule has 1 saturated heterocycles. The van der Waals surface area contributed by atoms with Crippen LogP contribution in [0.4, 0.5) is 5.82 Å². The van der Waals surface area contributed by atoms with Gasteiger partial charge in [-0.15, -0.1) is 5.06 Å². The molecule has 2 aliphatic rings. The van der Waals surface area contributed by atoms with Gasteiger partial charge in [-0.1, -0.05) is 32.9 Å². The van der Waals surface area contributed by atoms with Crippen molar-refractivity contribution in [3.8, 4) is 0 Å². The molecule has 2 amide bonds. The lowest BCUT2D eigenvalue weighted by molar-refractivity contribution is -0.154. The Labute approximate surface area is 254 Å². The van der Waals surface area contributed by atoms with Crippen molar-refractivity contribution in [1.29, 1.82) is 0 Å². The number of amides is 2. The number of aliphatic imine (C=N–C) groups is 1. The number of hydrogen-bond acceptors (Lipinski definition) is 8. The van der Waals surface area contributed by atoms with Crippen molar-refractivity contribution in [2.45, 2.75) is 63.8 Å². The van der Waals surface area contributed by atoms with Crippen LogP contribution >= 0.6 is 22.6 Å². The molecule has 41 heavy (non-hydrogen) atoms. The highest BCUT2D eigenvalue weighted by molar-refractivity contribution is 14.1. The molecular weight excluding hydrogens is 655 g/mol. The first kappa shape index (κ1) is 29.8. The highest BCUT2D eigenvalue weighted by Gasteiger charge is 2.46. The first-order valence-corrected chi connectivity index (χ1v) is 17.4. The smallest absolute Gasteiger partial charge is 0.285 e. The number of halogens is 1. The minimum Gasteiger partial charge on any atom is -0.414 e. The van der Waals surface area contributed by atoms with Crippen molar-refractivity contribution in [3.63, 3.8) is 0 Å². The summed E-state index contributed by atoms with van der Waals surface area (Å²) in [6, 6.07) is 6.73. The van der Waals surface area contributed by atoms with Crippen LogP contribution in [0.15, 0.2) is 41.8 Å². The third kappa shape index (κ3) is 5.69. The van der Waals surface area contributed by atoms with E-state index in [1.54, 1.807) is 30.6 Å². The standard InChI is InChI=1S/C28H35IN6O5Si/c1-28(2,3)41(6,7)38-14-21-20(40-35-26(36)17-10-8-9-11-18(17)27(35)37)12-22(39-21)34-13-19(29)23-24(32-16-33(4)5)30-15-31-25(23)34/h8-11,13,15-16,20-22H,12,14H2,1-7H3/t20-,21-,22-/m1/s1. The molecule has 3 aromatic rings. The van der Waals surface area contributed by atoms with E-state index in [4.69, 9.17) is 14.0 Å². The van der Waals surface area contributed by atoms with E-state index in [1.165, 1.54) is 6.33 Å². The average Bonchev–Trinajstić information content (AvgIpc) is 3.55. The number of fused-ring (bicyclic) bond motifs is 2. The van der Waals surface area contributed by atoms with Gasteiger partial charge in [0, 0.05) is 30.3 Å². The largest absolute Gasteiger partial charge is 0.414 e. The first-order valence-electron chi connectivity index (χ1n) is 13.4. The van der Waals surface area contributed by atoms with Gasteiger partial charge >= 0.3 is 0 Å². The number of benzene rings is 1. The SMILES string of the molecule is CN(C)C=Nc1ncnc2c1c(I)cn2[C@H]1C[C@@H](ON2C(=O)c3ccccc3C2=O)[C@@H](CO[Si](C)(C)C(C)(C)C)O1. The molecule has 0 spiro atoms. The summed E-state index contributed by atoms with van der Waals surface area (Å²) in [5.74, 6) is -0.396. The Kier molecular flexibility index (Phi) is 8.11. The third-order valence-electron chi connectivity index (χ3n) is 7.86. The lowest BCUT2D eigenvalue weighted by atomic mass is 10.1. The Balaban J connectivity index is 1.45. The van der Waals surface area contributed by atoms with Crippen LogP contribution in [0.3, 0.4) is 0 Å². The Bertz CT molecular complexity index is 1480. The molecule has 0 radical (unpaired) electrons. The van der Waals surface area contributed by atoms with Crippen molar-refractivity contribution in [3.05, 3.63) is 51.5 Å². The molecule has 13 heteroatoms. The minimum atomic E-state index is -2.12. The van der Waals surface area contributed by atoms with E-state index < -0.39 is 38.6 Å². The molecular formula is C28H35IN6O5Si.